The van der Waals surface area contributed by atoms with Crippen LogP contribution in [0.5, 0.6) is 0 Å². The molecule has 0 atom stereocenters. The normalized spacial score (nSPS) is 12.1. The van der Waals surface area contributed by atoms with Crippen molar-refractivity contribution in [3.8, 4) is 0 Å². The number of nitrogens with two attached hydrogens (primary N) is 1. The van der Waals surface area contributed by atoms with Crippen LogP contribution in [0, 0.1) is 0 Å². The van der Waals surface area contributed by atoms with E-state index in [-0.39, 0.29) is 28.9 Å². The van der Waals surface area contributed by atoms with E-state index in [1.165, 1.54) is 6.07 Å². The van der Waals surface area contributed by atoms with Crippen molar-refractivity contribution in [3.05, 3.63) is 27.7 Å². The average Bonchev–Trinajstić information content (AvgIpc) is 2.35. The predicted octanol–water partition coefficient (Wildman–Crippen LogP) is 3.32. The van der Waals surface area contributed by atoms with Crippen molar-refractivity contribution in [1.82, 2.24) is 4.72 Å². The van der Waals surface area contributed by atoms with E-state index < -0.39 is 15.6 Å². The fourth-order valence-corrected chi connectivity index (χ4v) is 3.68. The van der Waals surface area contributed by atoms with E-state index in [0.717, 1.165) is 4.47 Å². The molecule has 20 heavy (non-hydrogen) atoms. The van der Waals surface area contributed by atoms with E-state index in [1.807, 2.05) is 13.8 Å². The second kappa shape index (κ2) is 7.96. The van der Waals surface area contributed by atoms with Gasteiger partial charge >= 0.3 is 0 Å². The third-order valence-electron chi connectivity index (χ3n) is 3.21. The van der Waals surface area contributed by atoms with Gasteiger partial charge in [0.25, 0.3) is 0 Å². The summed E-state index contributed by atoms with van der Waals surface area (Å²) >= 11 is 9.19. The molecule has 1 aromatic rings. The summed E-state index contributed by atoms with van der Waals surface area (Å²) in [5.41, 5.74) is 5.54. The zero-order chi connectivity index (χ0) is 14.7. The Morgan fingerprint density at radius 2 is 1.90 bits per heavy atom. The minimum Gasteiger partial charge on any atom is -0.324 e. The fourth-order valence-electron chi connectivity index (χ4n) is 1.51. The number of halogens is 3. The van der Waals surface area contributed by atoms with Crippen molar-refractivity contribution in [2.75, 3.05) is 6.54 Å². The van der Waals surface area contributed by atoms with Gasteiger partial charge in [0.1, 0.15) is 4.90 Å². The van der Waals surface area contributed by atoms with E-state index in [4.69, 9.17) is 17.3 Å². The molecule has 0 aliphatic heterocycles. The van der Waals surface area contributed by atoms with Gasteiger partial charge in [0, 0.05) is 16.6 Å². The predicted molar refractivity (Wildman–Crippen MR) is 89.1 cm³/mol. The van der Waals surface area contributed by atoms with E-state index in [0.29, 0.717) is 12.8 Å². The highest BCUT2D eigenvalue weighted by Crippen LogP contribution is 2.25. The zero-order valence-corrected chi connectivity index (χ0v) is 15.3. The highest BCUT2D eigenvalue weighted by Gasteiger charge is 2.25. The number of hydrogen-bond donors (Lipinski definition) is 2. The molecule has 0 amide bonds. The van der Waals surface area contributed by atoms with Crippen LogP contribution in [0.25, 0.3) is 0 Å². The SMILES string of the molecule is CCC(N)(CC)CNS(=O)(=O)c1ccc(Br)cc1Cl.Cl. The van der Waals surface area contributed by atoms with Gasteiger partial charge in [-0.25, -0.2) is 13.1 Å². The van der Waals surface area contributed by atoms with Crippen molar-refractivity contribution in [1.29, 1.82) is 0 Å². The molecular weight excluding hydrogens is 387 g/mol. The molecule has 0 aliphatic carbocycles. The summed E-state index contributed by atoms with van der Waals surface area (Å²) in [5, 5.41) is 0.178. The molecule has 3 N–H and O–H groups in total. The maximum Gasteiger partial charge on any atom is 0.242 e. The lowest BCUT2D eigenvalue weighted by molar-refractivity contribution is 0.392. The van der Waals surface area contributed by atoms with E-state index in [2.05, 4.69) is 20.7 Å². The molecule has 0 fully saturated rings. The Hall–Kier alpha value is 0.150. The topological polar surface area (TPSA) is 72.2 Å². The van der Waals surface area contributed by atoms with Crippen molar-refractivity contribution >= 4 is 50.0 Å². The molecule has 0 bridgehead atoms. The lowest BCUT2D eigenvalue weighted by Gasteiger charge is -2.26. The van der Waals surface area contributed by atoms with E-state index >= 15 is 0 Å². The molecule has 0 aliphatic rings. The number of nitrogens with one attached hydrogen (secondary N) is 1. The van der Waals surface area contributed by atoms with Crippen LogP contribution in [0.4, 0.5) is 0 Å². The summed E-state index contributed by atoms with van der Waals surface area (Å²) in [6, 6.07) is 4.64. The van der Waals surface area contributed by atoms with E-state index in [9.17, 15) is 8.42 Å². The van der Waals surface area contributed by atoms with Gasteiger partial charge in [-0.15, -0.1) is 12.4 Å². The first-order valence-electron chi connectivity index (χ1n) is 5.97. The van der Waals surface area contributed by atoms with Crippen LogP contribution >= 0.6 is 39.9 Å². The number of rotatable bonds is 6. The standard InChI is InChI=1S/C12H18BrClN2O2S.ClH/c1-3-12(15,4-2)8-16-19(17,18)11-6-5-9(13)7-10(11)14;/h5-7,16H,3-4,8,15H2,1-2H3;1H. The van der Waals surface area contributed by atoms with Crippen LogP contribution in [0.2, 0.25) is 5.02 Å². The molecule has 1 rings (SSSR count). The zero-order valence-electron chi connectivity index (χ0n) is 11.3. The third-order valence-corrected chi connectivity index (χ3v) is 5.58. The van der Waals surface area contributed by atoms with Crippen molar-refractivity contribution in [2.45, 2.75) is 37.1 Å². The second-order valence-corrected chi connectivity index (χ2v) is 7.53. The van der Waals surface area contributed by atoms with Gasteiger partial charge < -0.3 is 5.73 Å². The van der Waals surface area contributed by atoms with Crippen molar-refractivity contribution in [3.63, 3.8) is 0 Å². The summed E-state index contributed by atoms with van der Waals surface area (Å²) in [6.07, 6.45) is 1.39. The van der Waals surface area contributed by atoms with Gasteiger partial charge in [-0.2, -0.15) is 0 Å². The van der Waals surface area contributed by atoms with Crippen molar-refractivity contribution < 1.29 is 8.42 Å². The average molecular weight is 406 g/mol. The van der Waals surface area contributed by atoms with Gasteiger partial charge in [0.2, 0.25) is 10.0 Å². The highest BCUT2D eigenvalue weighted by molar-refractivity contribution is 9.10. The summed E-state index contributed by atoms with van der Waals surface area (Å²) in [6.45, 7) is 4.06. The largest absolute Gasteiger partial charge is 0.324 e. The Kier molecular flexibility index (Phi) is 8.02. The molecule has 4 nitrogen and oxygen atoms in total. The van der Waals surface area contributed by atoms with Gasteiger partial charge in [0.05, 0.1) is 5.02 Å². The Bertz CT molecular complexity index is 548. The minimum absolute atomic E-state index is 0. The maximum absolute atomic E-state index is 12.2. The lowest BCUT2D eigenvalue weighted by atomic mass is 9.95. The summed E-state index contributed by atoms with van der Waals surface area (Å²) in [4.78, 5) is 0.0620. The maximum atomic E-state index is 12.2. The Balaban J connectivity index is 0.00000361. The minimum atomic E-state index is -3.64. The second-order valence-electron chi connectivity index (χ2n) is 4.47. The first-order valence-corrected chi connectivity index (χ1v) is 8.63. The van der Waals surface area contributed by atoms with Gasteiger partial charge in [-0.1, -0.05) is 41.4 Å². The molecule has 0 saturated carbocycles. The first-order chi connectivity index (χ1) is 8.74. The van der Waals surface area contributed by atoms with Gasteiger partial charge in [0.15, 0.2) is 0 Å². The molecule has 0 aromatic heterocycles. The first kappa shape index (κ1) is 20.1. The highest BCUT2D eigenvalue weighted by atomic mass is 79.9. The molecule has 0 heterocycles. The van der Waals surface area contributed by atoms with Crippen LogP contribution in [-0.4, -0.2) is 20.5 Å². The lowest BCUT2D eigenvalue weighted by Crippen LogP contribution is -2.49. The molecule has 8 heteroatoms. The molecule has 1 aromatic carbocycles. The number of sulfonamides is 1. The summed E-state index contributed by atoms with van der Waals surface area (Å²) in [5.74, 6) is 0. The molecule has 116 valence electrons. The van der Waals surface area contributed by atoms with Gasteiger partial charge in [-0.3, -0.25) is 0 Å². The Morgan fingerprint density at radius 1 is 1.35 bits per heavy atom. The molecule has 0 spiro atoms. The number of hydrogen-bond acceptors (Lipinski definition) is 3. The van der Waals surface area contributed by atoms with E-state index in [1.54, 1.807) is 12.1 Å². The fraction of sp³-hybridized carbons (Fsp3) is 0.500. The Labute approximate surface area is 140 Å². The monoisotopic (exact) mass is 404 g/mol. The smallest absolute Gasteiger partial charge is 0.242 e. The van der Waals surface area contributed by atoms with Crippen LogP contribution < -0.4 is 10.5 Å². The Morgan fingerprint density at radius 3 is 2.35 bits per heavy atom. The molecule has 0 saturated heterocycles. The van der Waals surface area contributed by atoms with Crippen LogP contribution in [0.3, 0.4) is 0 Å². The van der Waals surface area contributed by atoms with Crippen LogP contribution in [-0.2, 0) is 10.0 Å². The number of benzene rings is 1. The molecule has 0 unspecified atom stereocenters. The van der Waals surface area contributed by atoms with Crippen LogP contribution in [0.1, 0.15) is 26.7 Å². The quantitative estimate of drug-likeness (QED) is 0.762. The summed E-state index contributed by atoms with van der Waals surface area (Å²) < 4.78 is 27.6. The molecule has 0 radical (unpaired) electrons. The van der Waals surface area contributed by atoms with Crippen molar-refractivity contribution in [2.24, 2.45) is 5.73 Å². The third kappa shape index (κ3) is 5.16. The molecular formula is C12H19BrCl2N2O2S. The van der Waals surface area contributed by atoms with Gasteiger partial charge in [-0.05, 0) is 31.0 Å². The van der Waals surface area contributed by atoms with Crippen LogP contribution in [0.15, 0.2) is 27.6 Å². The summed E-state index contributed by atoms with van der Waals surface area (Å²) in [7, 11) is -3.64.